The molecule has 114 valence electrons. The molecule has 3 N–H and O–H groups in total. The molecule has 0 saturated carbocycles. The minimum Gasteiger partial charge on any atom is -0.480 e. The van der Waals surface area contributed by atoms with E-state index in [2.05, 4.69) is 5.32 Å². The number of carbonyl (C=O) groups is 2. The first-order chi connectivity index (χ1) is 9.93. The summed E-state index contributed by atoms with van der Waals surface area (Å²) in [5, 5.41) is 19.9. The maximum absolute atomic E-state index is 11.6. The Bertz CT molecular complexity index is 509. The van der Waals surface area contributed by atoms with E-state index >= 15 is 0 Å². The second-order valence-electron chi connectivity index (χ2n) is 4.73. The number of amides is 1. The molecule has 1 amide bonds. The Morgan fingerprint density at radius 1 is 1.29 bits per heavy atom. The summed E-state index contributed by atoms with van der Waals surface area (Å²) in [6.07, 6.45) is 2.86. The third kappa shape index (κ3) is 5.66. The van der Waals surface area contributed by atoms with E-state index in [0.717, 1.165) is 11.3 Å². The Morgan fingerprint density at radius 3 is 2.38 bits per heavy atom. The fraction of sp³-hybridized carbons (Fsp3) is 0.333. The van der Waals surface area contributed by atoms with Gasteiger partial charge in [-0.25, -0.2) is 4.79 Å². The van der Waals surface area contributed by atoms with Crippen LogP contribution < -0.4 is 10.2 Å². The third-order valence-corrected chi connectivity index (χ3v) is 2.87. The van der Waals surface area contributed by atoms with Gasteiger partial charge in [-0.15, -0.1) is 0 Å². The van der Waals surface area contributed by atoms with Crippen molar-refractivity contribution >= 4 is 23.6 Å². The van der Waals surface area contributed by atoms with Crippen LogP contribution in [0.4, 0.5) is 5.69 Å². The number of aliphatic hydroxyl groups excluding tert-OH is 1. The van der Waals surface area contributed by atoms with Gasteiger partial charge in [-0.2, -0.15) is 0 Å². The normalized spacial score (nSPS) is 12.1. The molecule has 6 nitrogen and oxygen atoms in total. The standard InChI is InChI=1S/C15H20N2O4/c1-17(2)12-6-3-11(4-7-12)5-8-14(19)16-13(9-10-18)15(20)21/h3-8,13,18H,9-10H2,1-2H3,(H,16,19)(H,20,21). The molecular formula is C15H20N2O4. The molecule has 6 heteroatoms. The van der Waals surface area contributed by atoms with Crippen molar-refractivity contribution in [2.75, 3.05) is 25.6 Å². The fourth-order valence-corrected chi connectivity index (χ4v) is 1.66. The molecule has 1 atom stereocenters. The van der Waals surface area contributed by atoms with Crippen molar-refractivity contribution in [1.29, 1.82) is 0 Å². The number of anilines is 1. The number of aliphatic hydroxyl groups is 1. The highest BCUT2D eigenvalue weighted by molar-refractivity contribution is 5.94. The second kappa shape index (κ2) is 8.06. The van der Waals surface area contributed by atoms with E-state index in [9.17, 15) is 9.59 Å². The van der Waals surface area contributed by atoms with Gasteiger partial charge < -0.3 is 20.4 Å². The van der Waals surface area contributed by atoms with Gasteiger partial charge in [0, 0.05) is 38.9 Å². The lowest BCUT2D eigenvalue weighted by molar-refractivity contribution is -0.141. The predicted molar refractivity (Wildman–Crippen MR) is 81.1 cm³/mol. The van der Waals surface area contributed by atoms with E-state index in [-0.39, 0.29) is 13.0 Å². The van der Waals surface area contributed by atoms with Crippen LogP contribution in [0, 0.1) is 0 Å². The van der Waals surface area contributed by atoms with Crippen LogP contribution >= 0.6 is 0 Å². The number of rotatable bonds is 7. The minimum absolute atomic E-state index is 0.0214. The smallest absolute Gasteiger partial charge is 0.326 e. The number of carboxylic acid groups (broad SMARTS) is 1. The van der Waals surface area contributed by atoms with Crippen molar-refractivity contribution in [3.63, 3.8) is 0 Å². The zero-order valence-corrected chi connectivity index (χ0v) is 12.1. The summed E-state index contributed by atoms with van der Waals surface area (Å²) in [7, 11) is 3.87. The number of nitrogens with zero attached hydrogens (tertiary/aromatic N) is 1. The molecule has 0 saturated heterocycles. The quantitative estimate of drug-likeness (QED) is 0.644. The summed E-state index contributed by atoms with van der Waals surface area (Å²) in [5.41, 5.74) is 1.88. The number of benzene rings is 1. The van der Waals surface area contributed by atoms with Crippen molar-refractivity contribution in [3.05, 3.63) is 35.9 Å². The Hall–Kier alpha value is -2.34. The van der Waals surface area contributed by atoms with Crippen molar-refractivity contribution in [2.45, 2.75) is 12.5 Å². The second-order valence-corrected chi connectivity index (χ2v) is 4.73. The fourth-order valence-electron chi connectivity index (χ4n) is 1.66. The Balaban J connectivity index is 2.62. The number of hydrogen-bond acceptors (Lipinski definition) is 4. The van der Waals surface area contributed by atoms with Crippen molar-refractivity contribution < 1.29 is 19.8 Å². The van der Waals surface area contributed by atoms with E-state index in [1.54, 1.807) is 6.08 Å². The molecule has 1 aromatic rings. The highest BCUT2D eigenvalue weighted by atomic mass is 16.4. The molecule has 0 radical (unpaired) electrons. The van der Waals surface area contributed by atoms with Gasteiger partial charge in [0.2, 0.25) is 5.91 Å². The first-order valence-corrected chi connectivity index (χ1v) is 6.53. The van der Waals surface area contributed by atoms with Crippen LogP contribution in [0.15, 0.2) is 30.3 Å². The topological polar surface area (TPSA) is 89.9 Å². The molecule has 0 spiro atoms. The number of carbonyl (C=O) groups excluding carboxylic acids is 1. The Morgan fingerprint density at radius 2 is 1.90 bits per heavy atom. The predicted octanol–water partition coefficient (Wildman–Crippen LogP) is 0.718. The summed E-state index contributed by atoms with van der Waals surface area (Å²) < 4.78 is 0. The van der Waals surface area contributed by atoms with Gasteiger partial charge in [-0.1, -0.05) is 12.1 Å². The maximum atomic E-state index is 11.6. The molecule has 21 heavy (non-hydrogen) atoms. The molecule has 0 aliphatic carbocycles. The minimum atomic E-state index is -1.17. The molecule has 1 unspecified atom stereocenters. The molecule has 0 aliphatic rings. The molecule has 1 aromatic carbocycles. The molecule has 1 rings (SSSR count). The maximum Gasteiger partial charge on any atom is 0.326 e. The molecular weight excluding hydrogens is 272 g/mol. The van der Waals surface area contributed by atoms with Gasteiger partial charge in [-0.3, -0.25) is 4.79 Å². The van der Waals surface area contributed by atoms with E-state index < -0.39 is 17.9 Å². The lowest BCUT2D eigenvalue weighted by Crippen LogP contribution is -2.40. The van der Waals surface area contributed by atoms with Gasteiger partial charge in [0.05, 0.1) is 0 Å². The third-order valence-electron chi connectivity index (χ3n) is 2.87. The lowest BCUT2D eigenvalue weighted by atomic mass is 10.1. The van der Waals surface area contributed by atoms with Crippen LogP contribution in [0.1, 0.15) is 12.0 Å². The lowest BCUT2D eigenvalue weighted by Gasteiger charge is -2.12. The average molecular weight is 292 g/mol. The highest BCUT2D eigenvalue weighted by Gasteiger charge is 2.17. The SMILES string of the molecule is CN(C)c1ccc(C=CC(=O)NC(CCO)C(=O)O)cc1. The van der Waals surface area contributed by atoms with Gasteiger partial charge >= 0.3 is 5.97 Å². The monoisotopic (exact) mass is 292 g/mol. The summed E-state index contributed by atoms with van der Waals surface area (Å²) >= 11 is 0. The zero-order chi connectivity index (χ0) is 15.8. The van der Waals surface area contributed by atoms with Crippen molar-refractivity contribution in [2.24, 2.45) is 0 Å². The Kier molecular flexibility index (Phi) is 6.42. The summed E-state index contributed by atoms with van der Waals surface area (Å²) in [6, 6.07) is 6.48. The van der Waals surface area contributed by atoms with Crippen LogP contribution in [0.5, 0.6) is 0 Å². The summed E-state index contributed by atoms with van der Waals surface area (Å²) in [6.45, 7) is -0.299. The highest BCUT2D eigenvalue weighted by Crippen LogP contribution is 2.13. The molecule has 0 aromatic heterocycles. The van der Waals surface area contributed by atoms with E-state index in [1.807, 2.05) is 43.3 Å². The molecule has 0 aliphatic heterocycles. The van der Waals surface area contributed by atoms with E-state index in [4.69, 9.17) is 10.2 Å². The zero-order valence-electron chi connectivity index (χ0n) is 12.1. The average Bonchev–Trinajstić information content (AvgIpc) is 2.45. The van der Waals surface area contributed by atoms with Crippen LogP contribution in [0.2, 0.25) is 0 Å². The number of carboxylic acids is 1. The van der Waals surface area contributed by atoms with Crippen molar-refractivity contribution in [1.82, 2.24) is 5.32 Å². The molecule has 0 heterocycles. The van der Waals surface area contributed by atoms with Gasteiger partial charge in [0.1, 0.15) is 6.04 Å². The van der Waals surface area contributed by atoms with Crippen molar-refractivity contribution in [3.8, 4) is 0 Å². The van der Waals surface area contributed by atoms with Crippen LogP contribution in [0.3, 0.4) is 0 Å². The van der Waals surface area contributed by atoms with E-state index in [1.165, 1.54) is 6.08 Å². The summed E-state index contributed by atoms with van der Waals surface area (Å²) in [4.78, 5) is 24.4. The van der Waals surface area contributed by atoms with Gasteiger partial charge in [0.15, 0.2) is 0 Å². The number of aliphatic carboxylic acids is 1. The van der Waals surface area contributed by atoms with Gasteiger partial charge in [-0.05, 0) is 23.8 Å². The largest absolute Gasteiger partial charge is 0.480 e. The summed E-state index contributed by atoms with van der Waals surface area (Å²) in [5.74, 6) is -1.67. The number of nitrogens with one attached hydrogen (secondary N) is 1. The molecule has 0 bridgehead atoms. The number of hydrogen-bond donors (Lipinski definition) is 3. The first kappa shape index (κ1) is 16.7. The Labute approximate surface area is 123 Å². The van der Waals surface area contributed by atoms with Crippen LogP contribution in [-0.2, 0) is 9.59 Å². The van der Waals surface area contributed by atoms with Crippen LogP contribution in [0.25, 0.3) is 6.08 Å². The van der Waals surface area contributed by atoms with Crippen LogP contribution in [-0.4, -0.2) is 48.8 Å². The van der Waals surface area contributed by atoms with E-state index in [0.29, 0.717) is 0 Å². The molecule has 0 fully saturated rings. The van der Waals surface area contributed by atoms with Gasteiger partial charge in [0.25, 0.3) is 0 Å². The first-order valence-electron chi connectivity index (χ1n) is 6.53.